The molecule has 27 heavy (non-hydrogen) atoms. The number of carbonyl (C=O) groups excluding carboxylic acids is 1. The summed E-state index contributed by atoms with van der Waals surface area (Å²) in [5.74, 6) is -0.594. The van der Waals surface area contributed by atoms with E-state index in [9.17, 15) is 4.79 Å². The predicted octanol–water partition coefficient (Wildman–Crippen LogP) is 2.72. The lowest BCUT2D eigenvalue weighted by atomic mass is 9.73. The number of hydrogen-bond acceptors (Lipinski definition) is 4. The highest BCUT2D eigenvalue weighted by Gasteiger charge is 2.48. The number of likely N-dealkylation sites (N-methyl/N-ethyl adjacent to an activating group) is 1. The molecule has 1 aliphatic heterocycles. The molecule has 1 aliphatic rings. The van der Waals surface area contributed by atoms with Gasteiger partial charge in [-0.1, -0.05) is 36.4 Å². The second-order valence-corrected chi connectivity index (χ2v) is 7.03. The van der Waals surface area contributed by atoms with Crippen LogP contribution >= 0.6 is 0 Å². The summed E-state index contributed by atoms with van der Waals surface area (Å²) in [6, 6.07) is 17.3. The maximum atomic E-state index is 13.1. The molecule has 0 radical (unpaired) electrons. The number of hydrogen-bond donors (Lipinski definition) is 3. The number of benzene rings is 2. The molecule has 2 aromatic carbocycles. The summed E-state index contributed by atoms with van der Waals surface area (Å²) in [5, 5.41) is 20.1. The number of nitrogen functional groups attached to an aromatic ring is 1. The van der Waals surface area contributed by atoms with E-state index in [1.165, 1.54) is 4.90 Å². The van der Waals surface area contributed by atoms with Crippen molar-refractivity contribution in [3.63, 3.8) is 0 Å². The highest BCUT2D eigenvalue weighted by atomic mass is 16.2. The quantitative estimate of drug-likeness (QED) is 0.728. The standard InChI is InChI=1S/C21H23N5O/c1-21(16-6-3-7-17(23)13-16)18(19(27)26(2)20(24)25-21)15-10-8-14(9-11-15)5-4-12-22/h3,6-11,13,18H,4-5,23H2,1-2H3,(H2,24,25)/t18-,21+/m0/s1. The van der Waals surface area contributed by atoms with Crippen LogP contribution in [0, 0.1) is 16.7 Å². The second kappa shape index (κ2) is 7.12. The molecule has 1 heterocycles. The van der Waals surface area contributed by atoms with Crippen LogP contribution in [0.5, 0.6) is 0 Å². The molecule has 0 saturated carbocycles. The van der Waals surface area contributed by atoms with Crippen LogP contribution in [0.25, 0.3) is 0 Å². The summed E-state index contributed by atoms with van der Waals surface area (Å²) in [7, 11) is 1.60. The predicted molar refractivity (Wildman–Crippen MR) is 105 cm³/mol. The Hall–Kier alpha value is -3.33. The van der Waals surface area contributed by atoms with Crippen LogP contribution in [0.1, 0.15) is 36.0 Å². The lowest BCUT2D eigenvalue weighted by Gasteiger charge is -2.46. The zero-order valence-electron chi connectivity index (χ0n) is 15.5. The van der Waals surface area contributed by atoms with Crippen LogP contribution in [-0.4, -0.2) is 23.8 Å². The van der Waals surface area contributed by atoms with E-state index in [0.29, 0.717) is 18.5 Å². The molecule has 0 unspecified atom stereocenters. The molecule has 138 valence electrons. The van der Waals surface area contributed by atoms with E-state index in [1.54, 1.807) is 13.1 Å². The zero-order chi connectivity index (χ0) is 19.6. The summed E-state index contributed by atoms with van der Waals surface area (Å²) in [6.45, 7) is 1.93. The van der Waals surface area contributed by atoms with E-state index in [-0.39, 0.29) is 11.9 Å². The fourth-order valence-electron chi connectivity index (χ4n) is 3.61. The lowest BCUT2D eigenvalue weighted by molar-refractivity contribution is -0.131. The first-order valence-electron chi connectivity index (χ1n) is 8.83. The Balaban J connectivity index is 2.06. The number of nitrogens with two attached hydrogens (primary N) is 1. The minimum absolute atomic E-state index is 0.0619. The molecule has 1 saturated heterocycles. The third-order valence-electron chi connectivity index (χ3n) is 5.19. The van der Waals surface area contributed by atoms with Crippen molar-refractivity contribution in [2.75, 3.05) is 12.8 Å². The normalized spacial score (nSPS) is 22.3. The fourth-order valence-corrected chi connectivity index (χ4v) is 3.61. The summed E-state index contributed by atoms with van der Waals surface area (Å²) in [6.07, 6.45) is 1.15. The molecule has 2 aromatic rings. The first-order chi connectivity index (χ1) is 12.9. The SMILES string of the molecule is CN1C(=N)N[C@](C)(c2cccc(N)c2)[C@@H](c2ccc(CCC#N)cc2)C1=O. The zero-order valence-corrected chi connectivity index (χ0v) is 15.5. The Morgan fingerprint density at radius 2 is 2.00 bits per heavy atom. The minimum Gasteiger partial charge on any atom is -0.399 e. The molecule has 1 fully saturated rings. The third-order valence-corrected chi connectivity index (χ3v) is 5.19. The first kappa shape index (κ1) is 18.5. The maximum Gasteiger partial charge on any atom is 0.239 e. The van der Waals surface area contributed by atoms with Gasteiger partial charge in [0.2, 0.25) is 5.91 Å². The number of nitrogens with zero attached hydrogens (tertiary/aromatic N) is 2. The van der Waals surface area contributed by atoms with Gasteiger partial charge in [-0.15, -0.1) is 0 Å². The largest absolute Gasteiger partial charge is 0.399 e. The number of amides is 1. The van der Waals surface area contributed by atoms with Crippen LogP contribution < -0.4 is 11.1 Å². The van der Waals surface area contributed by atoms with E-state index in [1.807, 2.05) is 49.4 Å². The molecule has 2 atom stereocenters. The average Bonchev–Trinajstić information content (AvgIpc) is 2.65. The van der Waals surface area contributed by atoms with E-state index in [4.69, 9.17) is 16.4 Å². The Morgan fingerprint density at radius 3 is 2.63 bits per heavy atom. The lowest BCUT2D eigenvalue weighted by Crippen LogP contribution is -2.62. The Morgan fingerprint density at radius 1 is 1.30 bits per heavy atom. The average molecular weight is 361 g/mol. The molecule has 6 heteroatoms. The molecule has 0 aromatic heterocycles. The number of aryl methyl sites for hydroxylation is 1. The van der Waals surface area contributed by atoms with Gasteiger partial charge in [0.25, 0.3) is 0 Å². The van der Waals surface area contributed by atoms with Gasteiger partial charge in [-0.25, -0.2) is 0 Å². The number of guanidine groups is 1. The van der Waals surface area contributed by atoms with Gasteiger partial charge in [0.1, 0.15) is 0 Å². The Labute approximate surface area is 159 Å². The molecule has 6 nitrogen and oxygen atoms in total. The second-order valence-electron chi connectivity index (χ2n) is 7.03. The van der Waals surface area contributed by atoms with Crippen molar-refractivity contribution in [1.29, 1.82) is 10.7 Å². The van der Waals surface area contributed by atoms with Gasteiger partial charge in [-0.05, 0) is 42.2 Å². The minimum atomic E-state index is -0.801. The van der Waals surface area contributed by atoms with Gasteiger partial charge >= 0.3 is 0 Å². The van der Waals surface area contributed by atoms with Crippen molar-refractivity contribution in [2.24, 2.45) is 0 Å². The molecule has 0 aliphatic carbocycles. The van der Waals surface area contributed by atoms with E-state index < -0.39 is 11.5 Å². The van der Waals surface area contributed by atoms with Crippen LogP contribution in [0.15, 0.2) is 48.5 Å². The van der Waals surface area contributed by atoms with Gasteiger partial charge in [0.15, 0.2) is 5.96 Å². The molecule has 0 spiro atoms. The van der Waals surface area contributed by atoms with Gasteiger partial charge in [0.05, 0.1) is 17.5 Å². The summed E-state index contributed by atoms with van der Waals surface area (Å²) < 4.78 is 0. The maximum absolute atomic E-state index is 13.1. The van der Waals surface area contributed by atoms with Crippen molar-refractivity contribution in [2.45, 2.75) is 31.2 Å². The van der Waals surface area contributed by atoms with E-state index in [2.05, 4.69) is 11.4 Å². The van der Waals surface area contributed by atoms with Crippen molar-refractivity contribution in [3.8, 4) is 6.07 Å². The molecular formula is C21H23N5O. The van der Waals surface area contributed by atoms with Gasteiger partial charge in [0, 0.05) is 19.2 Å². The molecular weight excluding hydrogens is 338 g/mol. The summed E-state index contributed by atoms with van der Waals surface area (Å²) in [5.41, 5.74) is 8.55. The number of rotatable bonds is 4. The van der Waals surface area contributed by atoms with Crippen molar-refractivity contribution < 1.29 is 4.79 Å². The molecule has 0 bridgehead atoms. The van der Waals surface area contributed by atoms with Gasteiger partial charge < -0.3 is 11.1 Å². The van der Waals surface area contributed by atoms with Crippen LogP contribution in [0.4, 0.5) is 5.69 Å². The number of carbonyl (C=O) groups is 1. The van der Waals surface area contributed by atoms with Crippen molar-refractivity contribution in [1.82, 2.24) is 10.2 Å². The van der Waals surface area contributed by atoms with E-state index >= 15 is 0 Å². The Bertz CT molecular complexity index is 915. The topological polar surface area (TPSA) is 106 Å². The molecule has 4 N–H and O–H groups in total. The molecule has 3 rings (SSSR count). The van der Waals surface area contributed by atoms with Gasteiger partial charge in [-0.3, -0.25) is 15.1 Å². The van der Waals surface area contributed by atoms with Crippen LogP contribution in [-0.2, 0) is 16.8 Å². The Kier molecular flexibility index (Phi) is 4.87. The first-order valence-corrected chi connectivity index (χ1v) is 8.83. The van der Waals surface area contributed by atoms with Crippen LogP contribution in [0.2, 0.25) is 0 Å². The van der Waals surface area contributed by atoms with Crippen molar-refractivity contribution >= 4 is 17.6 Å². The van der Waals surface area contributed by atoms with E-state index in [0.717, 1.165) is 16.7 Å². The number of nitrogens with one attached hydrogen (secondary N) is 2. The van der Waals surface area contributed by atoms with Gasteiger partial charge in [-0.2, -0.15) is 5.26 Å². The van der Waals surface area contributed by atoms with Crippen molar-refractivity contribution in [3.05, 3.63) is 65.2 Å². The smallest absolute Gasteiger partial charge is 0.239 e. The molecule has 1 amide bonds. The van der Waals surface area contributed by atoms with Crippen LogP contribution in [0.3, 0.4) is 0 Å². The number of anilines is 1. The summed E-state index contributed by atoms with van der Waals surface area (Å²) >= 11 is 0. The third kappa shape index (κ3) is 3.36. The fraction of sp³-hybridized carbons (Fsp3) is 0.286. The summed E-state index contributed by atoms with van der Waals surface area (Å²) in [4.78, 5) is 14.5. The number of nitriles is 1. The monoisotopic (exact) mass is 361 g/mol. The highest BCUT2D eigenvalue weighted by Crippen LogP contribution is 2.41. The highest BCUT2D eigenvalue weighted by molar-refractivity contribution is 6.02.